The fourth-order valence-corrected chi connectivity index (χ4v) is 1.34. The summed E-state index contributed by atoms with van der Waals surface area (Å²) in [5, 5.41) is 0. The van der Waals surface area contributed by atoms with Crippen LogP contribution in [0.3, 0.4) is 0 Å². The van der Waals surface area contributed by atoms with Crippen molar-refractivity contribution in [3.63, 3.8) is 0 Å². The Balaban J connectivity index is 2.79. The molecule has 0 aromatic heterocycles. The summed E-state index contributed by atoms with van der Waals surface area (Å²) in [7, 11) is 0. The van der Waals surface area contributed by atoms with Gasteiger partial charge >= 0.3 is 0 Å². The van der Waals surface area contributed by atoms with E-state index in [1.165, 1.54) is 11.8 Å². The number of rotatable bonds is 1. The Bertz CT molecular complexity index is 210. The van der Waals surface area contributed by atoms with Crippen LogP contribution >= 0.6 is 0 Å². The summed E-state index contributed by atoms with van der Waals surface area (Å²) in [6.45, 7) is 4.97. The second-order valence-electron chi connectivity index (χ2n) is 2.62. The Labute approximate surface area is 65.7 Å². The minimum absolute atomic E-state index is 0.0694. The second-order valence-corrected chi connectivity index (χ2v) is 2.62. The fraction of sp³-hybridized carbons (Fsp3) is 0.500. The molecule has 0 N–H and O–H groups in total. The zero-order chi connectivity index (χ0) is 8.43. The molecule has 0 aliphatic carbocycles. The van der Waals surface area contributed by atoms with Crippen molar-refractivity contribution >= 4 is 11.8 Å². The predicted molar refractivity (Wildman–Crippen MR) is 40.7 cm³/mol. The summed E-state index contributed by atoms with van der Waals surface area (Å²) >= 11 is 0. The van der Waals surface area contributed by atoms with E-state index in [9.17, 15) is 9.59 Å². The van der Waals surface area contributed by atoms with Gasteiger partial charge in [-0.25, -0.2) is 0 Å². The van der Waals surface area contributed by atoms with Gasteiger partial charge in [-0.15, -0.1) is 6.58 Å². The molecular weight excluding hydrogens is 142 g/mol. The maximum atomic E-state index is 11.0. The molecule has 1 rings (SSSR count). The van der Waals surface area contributed by atoms with Crippen LogP contribution in [0.15, 0.2) is 12.7 Å². The van der Waals surface area contributed by atoms with E-state index < -0.39 is 0 Å². The van der Waals surface area contributed by atoms with Crippen LogP contribution in [0.5, 0.6) is 0 Å². The van der Waals surface area contributed by atoms with Gasteiger partial charge in [0.15, 0.2) is 0 Å². The van der Waals surface area contributed by atoms with Gasteiger partial charge in [0.05, 0.1) is 6.04 Å². The van der Waals surface area contributed by atoms with Crippen molar-refractivity contribution in [2.45, 2.75) is 25.8 Å². The first-order chi connectivity index (χ1) is 5.16. The van der Waals surface area contributed by atoms with E-state index in [4.69, 9.17) is 0 Å². The van der Waals surface area contributed by atoms with Gasteiger partial charge in [0, 0.05) is 13.3 Å². The summed E-state index contributed by atoms with van der Waals surface area (Å²) < 4.78 is 0. The minimum atomic E-state index is -0.183. The van der Waals surface area contributed by atoms with Crippen LogP contribution in [0.1, 0.15) is 19.8 Å². The van der Waals surface area contributed by atoms with E-state index in [-0.39, 0.29) is 17.9 Å². The molecule has 0 radical (unpaired) electrons. The molecule has 0 saturated carbocycles. The number of amides is 2. The molecule has 0 bridgehead atoms. The quantitative estimate of drug-likeness (QED) is 0.520. The highest BCUT2D eigenvalue weighted by Crippen LogP contribution is 2.18. The monoisotopic (exact) mass is 153 g/mol. The molecule has 0 spiro atoms. The van der Waals surface area contributed by atoms with Gasteiger partial charge in [-0.1, -0.05) is 6.08 Å². The average Bonchev–Trinajstić information content (AvgIpc) is 2.30. The Morgan fingerprint density at radius 3 is 2.82 bits per heavy atom. The fourth-order valence-electron chi connectivity index (χ4n) is 1.34. The largest absolute Gasteiger partial charge is 0.276 e. The second kappa shape index (κ2) is 2.86. The third-order valence-electron chi connectivity index (χ3n) is 1.87. The lowest BCUT2D eigenvalue weighted by atomic mass is 10.2. The minimum Gasteiger partial charge on any atom is -0.276 e. The normalized spacial score (nSPS) is 23.9. The third kappa shape index (κ3) is 1.31. The van der Waals surface area contributed by atoms with E-state index in [1.54, 1.807) is 6.08 Å². The maximum Gasteiger partial charge on any atom is 0.229 e. The van der Waals surface area contributed by atoms with Crippen molar-refractivity contribution in [1.82, 2.24) is 4.90 Å². The topological polar surface area (TPSA) is 37.4 Å². The molecule has 2 amide bonds. The van der Waals surface area contributed by atoms with Crippen LogP contribution < -0.4 is 0 Å². The molecule has 1 atom stereocenters. The Morgan fingerprint density at radius 2 is 2.45 bits per heavy atom. The Morgan fingerprint density at radius 1 is 1.82 bits per heavy atom. The first kappa shape index (κ1) is 7.98. The molecule has 1 saturated heterocycles. The molecule has 1 aliphatic rings. The van der Waals surface area contributed by atoms with Gasteiger partial charge in [-0.2, -0.15) is 0 Å². The van der Waals surface area contributed by atoms with Crippen molar-refractivity contribution in [3.8, 4) is 0 Å². The van der Waals surface area contributed by atoms with Gasteiger partial charge in [0.1, 0.15) is 0 Å². The molecule has 3 heteroatoms. The molecule has 3 nitrogen and oxygen atoms in total. The number of imide groups is 1. The van der Waals surface area contributed by atoms with E-state index in [0.717, 1.165) is 6.42 Å². The number of likely N-dealkylation sites (tertiary alicyclic amines) is 1. The highest BCUT2D eigenvalue weighted by Gasteiger charge is 2.31. The summed E-state index contributed by atoms with van der Waals surface area (Å²) in [5.41, 5.74) is 0. The number of hydrogen-bond acceptors (Lipinski definition) is 2. The van der Waals surface area contributed by atoms with Crippen molar-refractivity contribution in [1.29, 1.82) is 0 Å². The molecule has 0 aromatic rings. The average molecular weight is 153 g/mol. The van der Waals surface area contributed by atoms with E-state index in [2.05, 4.69) is 6.58 Å². The highest BCUT2D eigenvalue weighted by molar-refractivity contribution is 5.96. The van der Waals surface area contributed by atoms with E-state index in [1.807, 2.05) is 0 Å². The summed E-state index contributed by atoms with van der Waals surface area (Å²) in [4.78, 5) is 23.2. The number of hydrogen-bond donors (Lipinski definition) is 0. The van der Waals surface area contributed by atoms with Crippen molar-refractivity contribution < 1.29 is 9.59 Å². The van der Waals surface area contributed by atoms with Crippen molar-refractivity contribution in [3.05, 3.63) is 12.7 Å². The van der Waals surface area contributed by atoms with Gasteiger partial charge in [0.2, 0.25) is 11.8 Å². The molecule has 1 aliphatic heterocycles. The zero-order valence-corrected chi connectivity index (χ0v) is 6.54. The third-order valence-corrected chi connectivity index (χ3v) is 1.87. The maximum absolute atomic E-state index is 11.0. The van der Waals surface area contributed by atoms with Gasteiger partial charge < -0.3 is 0 Å². The molecule has 1 fully saturated rings. The van der Waals surface area contributed by atoms with Gasteiger partial charge in [-0.05, 0) is 6.42 Å². The first-order valence-corrected chi connectivity index (χ1v) is 3.62. The number of carbonyl (C=O) groups is 2. The predicted octanol–water partition coefficient (Wildman–Crippen LogP) is 0.710. The van der Waals surface area contributed by atoms with Crippen molar-refractivity contribution in [2.75, 3.05) is 0 Å². The molecule has 1 unspecified atom stereocenters. The highest BCUT2D eigenvalue weighted by atomic mass is 16.2. The lowest BCUT2D eigenvalue weighted by Gasteiger charge is -2.17. The summed E-state index contributed by atoms with van der Waals surface area (Å²) in [5.74, 6) is -0.264. The smallest absolute Gasteiger partial charge is 0.229 e. The standard InChI is InChI=1S/C8H11NO2/c1-3-7-4-5-8(11)9(7)6(2)10/h3,7H,1,4-5H2,2H3. The van der Waals surface area contributed by atoms with Crippen LogP contribution in [0.2, 0.25) is 0 Å². The van der Waals surface area contributed by atoms with Gasteiger partial charge in [-0.3, -0.25) is 14.5 Å². The Kier molecular flexibility index (Phi) is 2.08. The lowest BCUT2D eigenvalue weighted by molar-refractivity contribution is -0.141. The number of nitrogens with zero attached hydrogens (tertiary/aromatic N) is 1. The van der Waals surface area contributed by atoms with Crippen LogP contribution in [0.25, 0.3) is 0 Å². The van der Waals surface area contributed by atoms with Crippen LogP contribution in [0.4, 0.5) is 0 Å². The van der Waals surface area contributed by atoms with Crippen LogP contribution in [-0.4, -0.2) is 22.8 Å². The van der Waals surface area contributed by atoms with Crippen LogP contribution in [0, 0.1) is 0 Å². The van der Waals surface area contributed by atoms with E-state index >= 15 is 0 Å². The molecular formula is C8H11NO2. The van der Waals surface area contributed by atoms with E-state index in [0.29, 0.717) is 6.42 Å². The first-order valence-electron chi connectivity index (χ1n) is 3.62. The molecule has 60 valence electrons. The molecule has 1 heterocycles. The summed E-state index contributed by atoms with van der Waals surface area (Å²) in [6, 6.07) is -0.0694. The Hall–Kier alpha value is -1.12. The zero-order valence-electron chi connectivity index (χ0n) is 6.54. The van der Waals surface area contributed by atoms with Gasteiger partial charge in [0.25, 0.3) is 0 Å². The molecule has 0 aromatic carbocycles. The summed E-state index contributed by atoms with van der Waals surface area (Å²) in [6.07, 6.45) is 2.84. The van der Waals surface area contributed by atoms with Crippen LogP contribution in [-0.2, 0) is 9.59 Å². The molecule has 11 heavy (non-hydrogen) atoms. The SMILES string of the molecule is C=CC1CCC(=O)N1C(C)=O. The van der Waals surface area contributed by atoms with Crippen molar-refractivity contribution in [2.24, 2.45) is 0 Å². The lowest BCUT2D eigenvalue weighted by Crippen LogP contribution is -2.35. The number of carbonyl (C=O) groups excluding carboxylic acids is 2.